The van der Waals surface area contributed by atoms with E-state index in [1.165, 1.54) is 5.46 Å². The lowest BCUT2D eigenvalue weighted by Gasteiger charge is -2.01. The first-order chi connectivity index (χ1) is 5.61. The molecule has 0 amide bonds. The second-order valence-corrected chi connectivity index (χ2v) is 3.08. The van der Waals surface area contributed by atoms with Gasteiger partial charge < -0.3 is 5.11 Å². The molecule has 1 N–H and O–H groups in total. The van der Waals surface area contributed by atoms with E-state index in [0.29, 0.717) is 12.3 Å². The second-order valence-electron chi connectivity index (χ2n) is 3.08. The maximum Gasteiger partial charge on any atom is 0.335 e. The van der Waals surface area contributed by atoms with E-state index in [9.17, 15) is 4.79 Å². The summed E-state index contributed by atoms with van der Waals surface area (Å²) in [7, 11) is 0. The summed E-state index contributed by atoms with van der Waals surface area (Å²) in [5.74, 6) is -0.870. The van der Waals surface area contributed by atoms with Crippen LogP contribution in [0.5, 0.6) is 0 Å². The van der Waals surface area contributed by atoms with Crippen molar-refractivity contribution in [2.75, 3.05) is 0 Å². The summed E-state index contributed by atoms with van der Waals surface area (Å²) in [6, 6.07) is 6.98. The van der Waals surface area contributed by atoms with Crippen LogP contribution in [0, 0.1) is 0 Å². The van der Waals surface area contributed by atoms with Gasteiger partial charge in [0.2, 0.25) is 0 Å². The zero-order chi connectivity index (χ0) is 9.14. The molecule has 0 aliphatic carbocycles. The van der Waals surface area contributed by atoms with Crippen molar-refractivity contribution in [3.05, 3.63) is 29.8 Å². The molecule has 0 atom stereocenters. The van der Waals surface area contributed by atoms with Crippen LogP contribution in [0.3, 0.4) is 0 Å². The highest BCUT2D eigenvalue weighted by atomic mass is 16.4. The van der Waals surface area contributed by atoms with Crippen LogP contribution in [0.25, 0.3) is 0 Å². The largest absolute Gasteiger partial charge is 0.478 e. The minimum absolute atomic E-state index is 0.347. The van der Waals surface area contributed by atoms with Gasteiger partial charge in [-0.05, 0) is 12.1 Å². The van der Waals surface area contributed by atoms with E-state index in [0.717, 1.165) is 0 Å². The standard InChI is InChI=1S/C9H11BO2/c1-10(2)8-5-3-7(4-6-8)9(11)12/h3-6H,1-2H3,(H,11,12). The van der Waals surface area contributed by atoms with Gasteiger partial charge in [0.05, 0.1) is 5.56 Å². The van der Waals surface area contributed by atoms with Crippen molar-refractivity contribution in [2.24, 2.45) is 0 Å². The highest BCUT2D eigenvalue weighted by Crippen LogP contribution is 1.97. The Labute approximate surface area is 72.3 Å². The van der Waals surface area contributed by atoms with Crippen molar-refractivity contribution in [3.63, 3.8) is 0 Å². The number of hydrogen-bond acceptors (Lipinski definition) is 1. The lowest BCUT2D eigenvalue weighted by Crippen LogP contribution is -2.22. The lowest BCUT2D eigenvalue weighted by atomic mass is 9.49. The summed E-state index contributed by atoms with van der Waals surface area (Å²) in [5.41, 5.74) is 1.51. The fourth-order valence-electron chi connectivity index (χ4n) is 1.01. The molecular weight excluding hydrogens is 151 g/mol. The number of carbonyl (C=O) groups is 1. The van der Waals surface area contributed by atoms with Crippen LogP contribution < -0.4 is 5.46 Å². The molecule has 1 aromatic carbocycles. The summed E-state index contributed by atoms with van der Waals surface area (Å²) >= 11 is 0. The molecule has 12 heavy (non-hydrogen) atoms. The molecule has 0 aliphatic heterocycles. The maximum atomic E-state index is 10.5. The van der Waals surface area contributed by atoms with E-state index in [1.807, 2.05) is 12.1 Å². The Hall–Kier alpha value is -1.25. The number of benzene rings is 1. The van der Waals surface area contributed by atoms with Crippen molar-refractivity contribution >= 4 is 18.1 Å². The molecule has 0 unspecified atom stereocenters. The topological polar surface area (TPSA) is 37.3 Å². The minimum atomic E-state index is -0.870. The summed E-state index contributed by atoms with van der Waals surface area (Å²) in [6.45, 7) is 4.61. The average Bonchev–Trinajstić information content (AvgIpc) is 2.04. The predicted octanol–water partition coefficient (Wildman–Crippen LogP) is 1.35. The summed E-state index contributed by atoms with van der Waals surface area (Å²) < 4.78 is 0. The van der Waals surface area contributed by atoms with Gasteiger partial charge in [-0.1, -0.05) is 31.2 Å². The fourth-order valence-corrected chi connectivity index (χ4v) is 1.01. The third-order valence-corrected chi connectivity index (χ3v) is 1.82. The Kier molecular flexibility index (Phi) is 2.53. The molecule has 0 aliphatic rings. The number of carboxylic acids is 1. The summed E-state index contributed by atoms with van der Waals surface area (Å²) in [5, 5.41) is 8.61. The smallest absolute Gasteiger partial charge is 0.335 e. The third-order valence-electron chi connectivity index (χ3n) is 1.82. The fraction of sp³-hybridized carbons (Fsp3) is 0.222. The zero-order valence-corrected chi connectivity index (χ0v) is 7.24. The molecule has 0 fully saturated rings. The normalized spacial score (nSPS) is 9.50. The predicted molar refractivity (Wildman–Crippen MR) is 50.5 cm³/mol. The minimum Gasteiger partial charge on any atom is -0.478 e. The van der Waals surface area contributed by atoms with E-state index in [2.05, 4.69) is 13.6 Å². The molecular formula is C9H11BO2. The number of rotatable bonds is 2. The number of aromatic carboxylic acids is 1. The third kappa shape index (κ3) is 1.88. The molecule has 0 radical (unpaired) electrons. The Bertz CT molecular complexity index is 277. The Morgan fingerprint density at radius 2 is 1.75 bits per heavy atom. The van der Waals surface area contributed by atoms with E-state index < -0.39 is 5.97 Å². The van der Waals surface area contributed by atoms with Crippen LogP contribution in [0.15, 0.2) is 24.3 Å². The molecule has 0 heterocycles. The van der Waals surface area contributed by atoms with Crippen LogP contribution >= 0.6 is 0 Å². The van der Waals surface area contributed by atoms with Crippen molar-refractivity contribution in [3.8, 4) is 0 Å². The van der Waals surface area contributed by atoms with Crippen LogP contribution in [0.1, 0.15) is 10.4 Å². The first-order valence-corrected chi connectivity index (χ1v) is 3.94. The molecule has 0 spiro atoms. The summed E-state index contributed by atoms with van der Waals surface area (Å²) in [6.07, 6.45) is 0. The SMILES string of the molecule is CB(C)c1ccc(C(=O)O)cc1. The number of hydrogen-bond donors (Lipinski definition) is 1. The molecule has 1 rings (SSSR count). The van der Waals surface area contributed by atoms with Gasteiger partial charge in [-0.2, -0.15) is 0 Å². The van der Waals surface area contributed by atoms with Gasteiger partial charge in [0, 0.05) is 0 Å². The van der Waals surface area contributed by atoms with Crippen molar-refractivity contribution < 1.29 is 9.90 Å². The van der Waals surface area contributed by atoms with Gasteiger partial charge in [-0.3, -0.25) is 0 Å². The van der Waals surface area contributed by atoms with E-state index in [-0.39, 0.29) is 0 Å². The van der Waals surface area contributed by atoms with Gasteiger partial charge in [0.25, 0.3) is 0 Å². The van der Waals surface area contributed by atoms with Crippen molar-refractivity contribution in [1.29, 1.82) is 0 Å². The molecule has 2 nitrogen and oxygen atoms in total. The maximum absolute atomic E-state index is 10.5. The van der Waals surface area contributed by atoms with Crippen LogP contribution in [0.4, 0.5) is 0 Å². The van der Waals surface area contributed by atoms with Gasteiger partial charge in [-0.25, -0.2) is 4.79 Å². The zero-order valence-electron chi connectivity index (χ0n) is 7.24. The summed E-state index contributed by atoms with van der Waals surface area (Å²) in [4.78, 5) is 10.5. The first kappa shape index (κ1) is 8.85. The molecule has 62 valence electrons. The van der Waals surface area contributed by atoms with E-state index >= 15 is 0 Å². The average molecular weight is 162 g/mol. The molecule has 0 saturated heterocycles. The Balaban J connectivity index is 2.93. The molecule has 1 aromatic rings. The van der Waals surface area contributed by atoms with Crippen LogP contribution in [-0.2, 0) is 0 Å². The monoisotopic (exact) mass is 162 g/mol. The highest BCUT2D eigenvalue weighted by Gasteiger charge is 2.04. The lowest BCUT2D eigenvalue weighted by molar-refractivity contribution is 0.0697. The second kappa shape index (κ2) is 3.43. The quantitative estimate of drug-likeness (QED) is 0.666. The Morgan fingerprint density at radius 3 is 2.08 bits per heavy atom. The van der Waals surface area contributed by atoms with E-state index in [4.69, 9.17) is 5.11 Å². The van der Waals surface area contributed by atoms with Crippen molar-refractivity contribution in [2.45, 2.75) is 13.6 Å². The van der Waals surface area contributed by atoms with Gasteiger partial charge in [0.15, 0.2) is 6.71 Å². The molecule has 0 saturated carbocycles. The number of carboxylic acid groups (broad SMARTS) is 1. The van der Waals surface area contributed by atoms with Gasteiger partial charge in [-0.15, -0.1) is 0 Å². The van der Waals surface area contributed by atoms with Gasteiger partial charge in [0.1, 0.15) is 0 Å². The van der Waals surface area contributed by atoms with Crippen molar-refractivity contribution in [1.82, 2.24) is 0 Å². The highest BCUT2D eigenvalue weighted by molar-refractivity contribution is 6.70. The molecule has 3 heteroatoms. The van der Waals surface area contributed by atoms with Crippen LogP contribution in [-0.4, -0.2) is 17.8 Å². The van der Waals surface area contributed by atoms with E-state index in [1.54, 1.807) is 12.1 Å². The van der Waals surface area contributed by atoms with Crippen LogP contribution in [0.2, 0.25) is 13.6 Å². The first-order valence-electron chi connectivity index (χ1n) is 3.94. The molecule has 0 bridgehead atoms. The Morgan fingerprint density at radius 1 is 1.25 bits per heavy atom. The molecule has 0 aromatic heterocycles. The van der Waals surface area contributed by atoms with Gasteiger partial charge >= 0.3 is 5.97 Å².